The summed E-state index contributed by atoms with van der Waals surface area (Å²) in [4.78, 5) is 4.04. The van der Waals surface area contributed by atoms with Crippen LogP contribution in [0.3, 0.4) is 0 Å². The van der Waals surface area contributed by atoms with Gasteiger partial charge < -0.3 is 10.1 Å². The van der Waals surface area contributed by atoms with E-state index in [0.29, 0.717) is 11.8 Å². The molecule has 1 heterocycles. The van der Waals surface area contributed by atoms with Gasteiger partial charge >= 0.3 is 0 Å². The molecular formula is C15H25ClN2O. The van der Waals surface area contributed by atoms with E-state index < -0.39 is 0 Å². The van der Waals surface area contributed by atoms with Crippen molar-refractivity contribution < 1.29 is 4.74 Å². The number of aromatic nitrogens is 1. The van der Waals surface area contributed by atoms with Crippen LogP contribution in [0, 0.1) is 11.8 Å². The van der Waals surface area contributed by atoms with Crippen molar-refractivity contribution in [2.24, 2.45) is 11.8 Å². The summed E-state index contributed by atoms with van der Waals surface area (Å²) in [5, 5.41) is 4.22. The van der Waals surface area contributed by atoms with Crippen LogP contribution in [0.4, 0.5) is 0 Å². The Kier molecular flexibility index (Phi) is 8.03. The van der Waals surface area contributed by atoms with Crippen LogP contribution in [-0.2, 0) is 11.2 Å². The van der Waals surface area contributed by atoms with Crippen molar-refractivity contribution in [1.29, 1.82) is 0 Å². The monoisotopic (exact) mass is 284 g/mol. The molecule has 0 saturated carbocycles. The number of halogens is 1. The van der Waals surface area contributed by atoms with Gasteiger partial charge in [-0.2, -0.15) is 0 Å². The SMILES string of the molecule is COCCNCC(Cc1ccncc1Cl)CC(C)C. The van der Waals surface area contributed by atoms with E-state index in [2.05, 4.69) is 24.1 Å². The van der Waals surface area contributed by atoms with E-state index in [-0.39, 0.29) is 0 Å². The predicted octanol–water partition coefficient (Wildman–Crippen LogP) is 3.18. The van der Waals surface area contributed by atoms with Crippen LogP contribution in [0.25, 0.3) is 0 Å². The van der Waals surface area contributed by atoms with E-state index >= 15 is 0 Å². The zero-order chi connectivity index (χ0) is 14.1. The molecule has 3 nitrogen and oxygen atoms in total. The van der Waals surface area contributed by atoms with Crippen LogP contribution < -0.4 is 5.32 Å². The lowest BCUT2D eigenvalue weighted by Crippen LogP contribution is -2.28. The summed E-state index contributed by atoms with van der Waals surface area (Å²) in [5.74, 6) is 1.28. The van der Waals surface area contributed by atoms with Gasteiger partial charge in [-0.15, -0.1) is 0 Å². The van der Waals surface area contributed by atoms with E-state index in [0.717, 1.165) is 31.1 Å². The normalized spacial score (nSPS) is 12.9. The summed E-state index contributed by atoms with van der Waals surface area (Å²) in [6.07, 6.45) is 5.73. The van der Waals surface area contributed by atoms with E-state index in [9.17, 15) is 0 Å². The standard InChI is InChI=1S/C15H25ClN2O/c1-12(2)8-13(10-18-6-7-19-3)9-14-4-5-17-11-15(14)16/h4-5,11-13,18H,6-10H2,1-3H3. The minimum absolute atomic E-state index is 0.594. The van der Waals surface area contributed by atoms with Crippen LogP contribution >= 0.6 is 11.6 Å². The van der Waals surface area contributed by atoms with Gasteiger partial charge in [0.1, 0.15) is 0 Å². The zero-order valence-corrected chi connectivity index (χ0v) is 12.9. The molecule has 1 aromatic rings. The van der Waals surface area contributed by atoms with Crippen LogP contribution in [0.2, 0.25) is 5.02 Å². The second-order valence-electron chi connectivity index (χ2n) is 5.36. The second-order valence-corrected chi connectivity index (χ2v) is 5.77. The Labute approximate surface area is 121 Å². The summed E-state index contributed by atoms with van der Waals surface area (Å²) in [7, 11) is 1.73. The van der Waals surface area contributed by atoms with Gasteiger partial charge in [-0.25, -0.2) is 0 Å². The Hall–Kier alpha value is -0.640. The van der Waals surface area contributed by atoms with E-state index in [4.69, 9.17) is 16.3 Å². The first kappa shape index (κ1) is 16.4. The minimum atomic E-state index is 0.594. The predicted molar refractivity (Wildman–Crippen MR) is 80.6 cm³/mol. The first-order valence-corrected chi connectivity index (χ1v) is 7.29. The average molecular weight is 285 g/mol. The summed E-state index contributed by atoms with van der Waals surface area (Å²) < 4.78 is 5.05. The molecule has 0 amide bonds. The summed E-state index contributed by atoms with van der Waals surface area (Å²) in [5.41, 5.74) is 1.19. The van der Waals surface area contributed by atoms with Gasteiger partial charge in [-0.1, -0.05) is 25.4 Å². The van der Waals surface area contributed by atoms with Gasteiger partial charge in [0.05, 0.1) is 11.6 Å². The molecule has 108 valence electrons. The number of methoxy groups -OCH3 is 1. The summed E-state index contributed by atoms with van der Waals surface area (Å²) in [6, 6.07) is 2.02. The molecule has 0 saturated heterocycles. The quantitative estimate of drug-likeness (QED) is 0.707. The van der Waals surface area contributed by atoms with Crippen molar-refractivity contribution in [2.45, 2.75) is 26.7 Å². The second kappa shape index (κ2) is 9.29. The lowest BCUT2D eigenvalue weighted by atomic mass is 9.91. The maximum atomic E-state index is 6.19. The minimum Gasteiger partial charge on any atom is -0.383 e. The highest BCUT2D eigenvalue weighted by Gasteiger charge is 2.13. The Morgan fingerprint density at radius 2 is 2.21 bits per heavy atom. The molecule has 1 rings (SSSR count). The Morgan fingerprint density at radius 1 is 1.42 bits per heavy atom. The molecule has 0 aliphatic carbocycles. The van der Waals surface area contributed by atoms with Crippen LogP contribution in [0.5, 0.6) is 0 Å². The van der Waals surface area contributed by atoms with Crippen molar-refractivity contribution >= 4 is 11.6 Å². The highest BCUT2D eigenvalue weighted by atomic mass is 35.5. The van der Waals surface area contributed by atoms with Crippen LogP contribution in [0.15, 0.2) is 18.5 Å². The lowest BCUT2D eigenvalue weighted by molar-refractivity contribution is 0.197. The van der Waals surface area contributed by atoms with E-state index in [1.807, 2.05) is 12.3 Å². The van der Waals surface area contributed by atoms with Gasteiger partial charge in [-0.3, -0.25) is 4.98 Å². The van der Waals surface area contributed by atoms with Crippen molar-refractivity contribution in [3.05, 3.63) is 29.0 Å². The maximum Gasteiger partial charge on any atom is 0.0621 e. The Balaban J connectivity index is 2.51. The fourth-order valence-corrected chi connectivity index (χ4v) is 2.46. The number of rotatable bonds is 9. The number of hydrogen-bond acceptors (Lipinski definition) is 3. The van der Waals surface area contributed by atoms with E-state index in [1.165, 1.54) is 12.0 Å². The molecule has 0 spiro atoms. The third kappa shape index (κ3) is 6.90. The molecule has 1 aromatic heterocycles. The summed E-state index contributed by atoms with van der Waals surface area (Å²) >= 11 is 6.19. The van der Waals surface area contributed by atoms with Crippen LogP contribution in [-0.4, -0.2) is 31.8 Å². The first-order valence-electron chi connectivity index (χ1n) is 6.91. The molecule has 1 unspecified atom stereocenters. The fraction of sp³-hybridized carbons (Fsp3) is 0.667. The third-order valence-electron chi connectivity index (χ3n) is 3.09. The van der Waals surface area contributed by atoms with Gasteiger partial charge in [0.2, 0.25) is 0 Å². The third-order valence-corrected chi connectivity index (χ3v) is 3.43. The van der Waals surface area contributed by atoms with Gasteiger partial charge in [0.25, 0.3) is 0 Å². The Morgan fingerprint density at radius 3 is 2.84 bits per heavy atom. The molecule has 19 heavy (non-hydrogen) atoms. The zero-order valence-electron chi connectivity index (χ0n) is 12.2. The smallest absolute Gasteiger partial charge is 0.0621 e. The molecule has 0 aromatic carbocycles. The molecule has 1 atom stereocenters. The fourth-order valence-electron chi connectivity index (χ4n) is 2.27. The van der Waals surface area contributed by atoms with Crippen molar-refractivity contribution in [3.8, 4) is 0 Å². The van der Waals surface area contributed by atoms with Gasteiger partial charge in [0.15, 0.2) is 0 Å². The number of nitrogens with zero attached hydrogens (tertiary/aromatic N) is 1. The molecular weight excluding hydrogens is 260 g/mol. The molecule has 0 bridgehead atoms. The molecule has 1 N–H and O–H groups in total. The highest BCUT2D eigenvalue weighted by molar-refractivity contribution is 6.31. The molecule has 0 aliphatic heterocycles. The van der Waals surface area contributed by atoms with Gasteiger partial charge in [0, 0.05) is 26.0 Å². The van der Waals surface area contributed by atoms with Crippen molar-refractivity contribution in [3.63, 3.8) is 0 Å². The highest BCUT2D eigenvalue weighted by Crippen LogP contribution is 2.21. The topological polar surface area (TPSA) is 34.1 Å². The number of ether oxygens (including phenoxy) is 1. The largest absolute Gasteiger partial charge is 0.383 e. The first-order chi connectivity index (χ1) is 9.13. The van der Waals surface area contributed by atoms with Crippen LogP contribution in [0.1, 0.15) is 25.8 Å². The number of pyridine rings is 1. The Bertz CT molecular complexity index is 358. The molecule has 0 fully saturated rings. The number of hydrogen-bond donors (Lipinski definition) is 1. The van der Waals surface area contributed by atoms with Gasteiger partial charge in [-0.05, 0) is 42.9 Å². The van der Waals surface area contributed by atoms with Crippen molar-refractivity contribution in [2.75, 3.05) is 26.8 Å². The maximum absolute atomic E-state index is 6.19. The lowest BCUT2D eigenvalue weighted by Gasteiger charge is -2.20. The van der Waals surface area contributed by atoms with E-state index in [1.54, 1.807) is 13.3 Å². The summed E-state index contributed by atoms with van der Waals surface area (Å²) in [6.45, 7) is 7.17. The molecule has 0 aliphatic rings. The van der Waals surface area contributed by atoms with Crippen molar-refractivity contribution in [1.82, 2.24) is 10.3 Å². The molecule has 0 radical (unpaired) electrons. The number of nitrogens with one attached hydrogen (secondary N) is 1. The average Bonchev–Trinajstić information content (AvgIpc) is 2.36. The molecule has 4 heteroatoms.